The zero-order valence-corrected chi connectivity index (χ0v) is 20.8. The van der Waals surface area contributed by atoms with Gasteiger partial charge >= 0.3 is 0 Å². The van der Waals surface area contributed by atoms with Crippen molar-refractivity contribution in [3.63, 3.8) is 0 Å². The number of nitrogens with zero attached hydrogens (tertiary/aromatic N) is 2. The third-order valence-electron chi connectivity index (χ3n) is 5.80. The predicted molar refractivity (Wildman–Crippen MR) is 138 cm³/mol. The van der Waals surface area contributed by atoms with Gasteiger partial charge < -0.3 is 0 Å². The van der Waals surface area contributed by atoms with Crippen LogP contribution in [-0.2, 0) is 19.5 Å². The highest BCUT2D eigenvalue weighted by atomic mass is 32.2. The van der Waals surface area contributed by atoms with Crippen LogP contribution in [0.2, 0.25) is 0 Å². The number of aryl methyl sites for hydroxylation is 2. The van der Waals surface area contributed by atoms with Gasteiger partial charge in [-0.1, -0.05) is 41.4 Å². The van der Waals surface area contributed by atoms with Gasteiger partial charge in [0.1, 0.15) is 0 Å². The van der Waals surface area contributed by atoms with Crippen LogP contribution in [0.1, 0.15) is 11.4 Å². The van der Waals surface area contributed by atoms with Gasteiger partial charge in [-0.15, -0.1) is 4.33 Å². The number of aromatic nitrogens is 2. The lowest BCUT2D eigenvalue weighted by Gasteiger charge is -2.14. The largest absolute Gasteiger partial charge is 0.294 e. The first-order chi connectivity index (χ1) is 17.2. The van der Waals surface area contributed by atoms with Crippen molar-refractivity contribution in [3.05, 3.63) is 84.2 Å². The number of pyridine rings is 2. The van der Waals surface area contributed by atoms with Crippen molar-refractivity contribution in [2.24, 2.45) is 0 Å². The Morgan fingerprint density at radius 3 is 1.67 bits per heavy atom. The molecule has 5 aromatic rings. The van der Waals surface area contributed by atoms with E-state index in [2.05, 4.69) is 9.37 Å². The lowest BCUT2D eigenvalue weighted by molar-refractivity contribution is -0.432. The molecule has 0 bridgehead atoms. The molecule has 10 heteroatoms. The third-order valence-corrected chi connectivity index (χ3v) is 7.26. The molecule has 0 spiro atoms. The Hall–Kier alpha value is -3.38. The molecule has 0 aliphatic carbocycles. The van der Waals surface area contributed by atoms with Crippen LogP contribution in [0.25, 0.3) is 44.1 Å². The van der Waals surface area contributed by atoms with Crippen LogP contribution < -0.4 is 0 Å². The molecule has 5 rings (SSSR count). The van der Waals surface area contributed by atoms with E-state index in [1.807, 2.05) is 62.4 Å². The molecule has 2 heterocycles. The van der Waals surface area contributed by atoms with Gasteiger partial charge in [0, 0.05) is 27.1 Å². The van der Waals surface area contributed by atoms with Crippen LogP contribution in [-0.4, -0.2) is 28.2 Å². The van der Waals surface area contributed by atoms with Gasteiger partial charge in [0.15, 0.2) is 0 Å². The van der Waals surface area contributed by atoms with Gasteiger partial charge in [0.25, 0.3) is 10.1 Å². The second kappa shape index (κ2) is 9.58. The lowest BCUT2D eigenvalue weighted by Crippen LogP contribution is -1.98. The number of rotatable bonds is 6. The van der Waals surface area contributed by atoms with Gasteiger partial charge in [-0.05, 0) is 72.5 Å². The van der Waals surface area contributed by atoms with Crippen molar-refractivity contribution in [2.45, 2.75) is 23.6 Å². The molecule has 2 N–H and O–H groups in total. The van der Waals surface area contributed by atoms with Crippen molar-refractivity contribution < 1.29 is 27.6 Å². The summed E-state index contributed by atoms with van der Waals surface area (Å²) in [5, 5.41) is 13.8. The minimum Gasteiger partial charge on any atom is -0.282 e. The molecule has 36 heavy (non-hydrogen) atoms. The van der Waals surface area contributed by atoms with Crippen LogP contribution >= 0.6 is 12.0 Å². The summed E-state index contributed by atoms with van der Waals surface area (Å²) in [6.07, 6.45) is 0. The van der Waals surface area contributed by atoms with Gasteiger partial charge in [-0.3, -0.25) is 14.5 Å². The maximum absolute atomic E-state index is 11.5. The quantitative estimate of drug-likeness (QED) is 0.0860. The fourth-order valence-corrected chi connectivity index (χ4v) is 5.10. The molecule has 2 aromatic heterocycles. The van der Waals surface area contributed by atoms with Crippen molar-refractivity contribution in [2.75, 3.05) is 0 Å². The average molecular weight is 521 g/mol. The van der Waals surface area contributed by atoms with Crippen molar-refractivity contribution in [3.8, 4) is 22.3 Å². The average Bonchev–Trinajstić information content (AvgIpc) is 2.86. The molecule has 0 aliphatic heterocycles. The molecular formula is C26H20N2O6S2. The number of hydrogen-bond donors (Lipinski definition) is 2. The molecule has 3 aromatic carbocycles. The summed E-state index contributed by atoms with van der Waals surface area (Å²) in [7, 11) is -4.27. The first-order valence-corrected chi connectivity index (χ1v) is 13.0. The van der Waals surface area contributed by atoms with E-state index in [1.165, 1.54) is 12.1 Å². The molecule has 0 atom stereocenters. The van der Waals surface area contributed by atoms with E-state index in [4.69, 9.17) is 15.2 Å². The van der Waals surface area contributed by atoms with E-state index in [-0.39, 0.29) is 4.90 Å². The topological polar surface area (TPSA) is 119 Å². The van der Waals surface area contributed by atoms with Crippen LogP contribution in [0.3, 0.4) is 0 Å². The highest BCUT2D eigenvalue weighted by molar-refractivity contribution is 7.94. The maximum atomic E-state index is 11.5. The first-order valence-electron chi connectivity index (χ1n) is 10.8. The lowest BCUT2D eigenvalue weighted by atomic mass is 9.95. The molecule has 0 amide bonds. The summed E-state index contributed by atoms with van der Waals surface area (Å²) < 4.78 is 36.7. The van der Waals surface area contributed by atoms with Crippen LogP contribution in [0.15, 0.2) is 82.6 Å². The maximum Gasteiger partial charge on any atom is 0.294 e. The summed E-state index contributed by atoms with van der Waals surface area (Å²) in [6, 6.07) is 21.7. The zero-order chi connectivity index (χ0) is 25.4. The number of hydrogen-bond acceptors (Lipinski definition) is 8. The fraction of sp³-hybridized carbons (Fsp3) is 0.0769. The Bertz CT molecular complexity index is 1700. The van der Waals surface area contributed by atoms with E-state index in [1.54, 1.807) is 12.1 Å². The van der Waals surface area contributed by atoms with Gasteiger partial charge in [0.2, 0.25) is 0 Å². The SMILES string of the molecule is Cc1cc(-c2ccc(SOOO)cc2)c2ccc3c(-c4ccc(S(=O)(=O)O)cc4)cc(C)nc3c2n1. The molecule has 0 radical (unpaired) electrons. The number of benzene rings is 3. The van der Waals surface area contributed by atoms with E-state index < -0.39 is 10.1 Å². The second-order valence-electron chi connectivity index (χ2n) is 8.23. The molecule has 0 fully saturated rings. The molecule has 0 saturated heterocycles. The standard InChI is InChI=1S/C26H20N2O6S2/c1-15-13-23(17-3-7-19(8-4-17)35-34-33-29)21-11-12-22-24(14-16(2)28-26(22)25(21)27-15)18-5-9-20(10-6-18)36(30,31)32/h3-14,29H,1-2H3,(H,30,31,32). The minimum absolute atomic E-state index is 0.159. The van der Waals surface area contributed by atoms with E-state index in [0.29, 0.717) is 0 Å². The Balaban J connectivity index is 1.68. The summed E-state index contributed by atoms with van der Waals surface area (Å²) in [6.45, 7) is 3.84. The fourth-order valence-electron chi connectivity index (χ4n) is 4.26. The Morgan fingerprint density at radius 1 is 0.750 bits per heavy atom. The van der Waals surface area contributed by atoms with E-state index >= 15 is 0 Å². The molecule has 182 valence electrons. The predicted octanol–water partition coefficient (Wildman–Crippen LogP) is 6.41. The van der Waals surface area contributed by atoms with E-state index in [9.17, 15) is 13.0 Å². The monoisotopic (exact) mass is 520 g/mol. The number of fused-ring (bicyclic) bond motifs is 3. The van der Waals surface area contributed by atoms with Crippen molar-refractivity contribution >= 4 is 44.0 Å². The molecular weight excluding hydrogens is 500 g/mol. The normalized spacial score (nSPS) is 11.9. The smallest absolute Gasteiger partial charge is 0.282 e. The van der Waals surface area contributed by atoms with Crippen LogP contribution in [0, 0.1) is 13.8 Å². The molecule has 0 unspecified atom stereocenters. The summed E-state index contributed by atoms with van der Waals surface area (Å²) in [5.74, 6) is 0. The summed E-state index contributed by atoms with van der Waals surface area (Å²) in [4.78, 5) is 10.2. The van der Waals surface area contributed by atoms with Crippen LogP contribution in [0.5, 0.6) is 0 Å². The zero-order valence-electron chi connectivity index (χ0n) is 19.2. The second-order valence-corrected chi connectivity index (χ2v) is 10.4. The van der Waals surface area contributed by atoms with E-state index in [0.717, 1.165) is 72.4 Å². The highest BCUT2D eigenvalue weighted by Crippen LogP contribution is 2.37. The Labute approximate surface area is 211 Å². The Kier molecular flexibility index (Phi) is 6.47. The van der Waals surface area contributed by atoms with Crippen molar-refractivity contribution in [1.82, 2.24) is 9.97 Å². The molecule has 0 saturated carbocycles. The van der Waals surface area contributed by atoms with Gasteiger partial charge in [0.05, 0.1) is 28.0 Å². The Morgan fingerprint density at radius 2 is 1.22 bits per heavy atom. The summed E-state index contributed by atoms with van der Waals surface area (Å²) in [5.41, 5.74) is 6.80. The van der Waals surface area contributed by atoms with Crippen LogP contribution in [0.4, 0.5) is 0 Å². The molecule has 0 aliphatic rings. The van der Waals surface area contributed by atoms with Gasteiger partial charge in [-0.25, -0.2) is 5.26 Å². The summed E-state index contributed by atoms with van der Waals surface area (Å²) >= 11 is 0.894. The third kappa shape index (κ3) is 4.70. The molecule has 8 nitrogen and oxygen atoms in total. The minimum atomic E-state index is -4.27. The highest BCUT2D eigenvalue weighted by Gasteiger charge is 2.15. The van der Waals surface area contributed by atoms with Gasteiger partial charge in [-0.2, -0.15) is 8.42 Å². The first kappa shape index (κ1) is 24.3. The van der Waals surface area contributed by atoms with Crippen molar-refractivity contribution in [1.29, 1.82) is 0 Å².